The van der Waals surface area contributed by atoms with Gasteiger partial charge < -0.3 is 4.90 Å². The lowest BCUT2D eigenvalue weighted by molar-refractivity contribution is -0.120. The number of carbonyl (C=O) groups excluding carboxylic acids is 2. The molecule has 1 aromatic heterocycles. The molecule has 0 aliphatic carbocycles. The zero-order valence-electron chi connectivity index (χ0n) is 15.1. The van der Waals surface area contributed by atoms with Crippen LogP contribution >= 0.6 is 11.3 Å². The number of thiophene rings is 1. The first-order valence-electron chi connectivity index (χ1n) is 9.05. The number of benzene rings is 1. The Morgan fingerprint density at radius 3 is 2.46 bits per heavy atom. The van der Waals surface area contributed by atoms with Crippen LogP contribution < -0.4 is 4.90 Å². The van der Waals surface area contributed by atoms with Crippen LogP contribution in [-0.2, 0) is 9.59 Å². The van der Waals surface area contributed by atoms with Crippen molar-refractivity contribution in [3.63, 3.8) is 0 Å². The van der Waals surface area contributed by atoms with Crippen molar-refractivity contribution in [2.24, 2.45) is 5.92 Å². The summed E-state index contributed by atoms with van der Waals surface area (Å²) in [5, 5.41) is 1.95. The third-order valence-corrected chi connectivity index (χ3v) is 6.07. The van der Waals surface area contributed by atoms with Gasteiger partial charge in [0.25, 0.3) is 11.8 Å². The van der Waals surface area contributed by atoms with Gasteiger partial charge in [-0.25, -0.2) is 4.90 Å². The van der Waals surface area contributed by atoms with E-state index < -0.39 is 0 Å². The van der Waals surface area contributed by atoms with Gasteiger partial charge in [0, 0.05) is 18.0 Å². The molecule has 2 amide bonds. The van der Waals surface area contributed by atoms with Crippen molar-refractivity contribution >= 4 is 34.4 Å². The average molecular weight is 366 g/mol. The molecule has 26 heavy (non-hydrogen) atoms. The highest BCUT2D eigenvalue weighted by molar-refractivity contribution is 7.11. The van der Waals surface area contributed by atoms with E-state index in [1.54, 1.807) is 0 Å². The number of imide groups is 1. The van der Waals surface area contributed by atoms with Gasteiger partial charge in [0.1, 0.15) is 5.70 Å². The number of hydrogen-bond acceptors (Lipinski definition) is 4. The molecule has 0 unspecified atom stereocenters. The van der Waals surface area contributed by atoms with E-state index in [4.69, 9.17) is 0 Å². The second kappa shape index (κ2) is 6.72. The number of likely N-dealkylation sites (tertiary alicyclic amines) is 1. The van der Waals surface area contributed by atoms with Crippen LogP contribution in [0, 0.1) is 12.8 Å². The molecule has 0 saturated carbocycles. The summed E-state index contributed by atoms with van der Waals surface area (Å²) in [6.07, 6.45) is 2.10. The van der Waals surface area contributed by atoms with Crippen LogP contribution in [0.2, 0.25) is 0 Å². The summed E-state index contributed by atoms with van der Waals surface area (Å²) in [6.45, 7) is 5.86. The van der Waals surface area contributed by atoms with Gasteiger partial charge in [0.2, 0.25) is 0 Å². The normalized spacial score (nSPS) is 19.0. The molecule has 0 radical (unpaired) electrons. The van der Waals surface area contributed by atoms with Crippen LogP contribution in [-0.4, -0.2) is 29.8 Å². The van der Waals surface area contributed by atoms with Crippen LogP contribution in [0.5, 0.6) is 0 Å². The van der Waals surface area contributed by atoms with Gasteiger partial charge in [0.15, 0.2) is 0 Å². The Kier molecular flexibility index (Phi) is 4.41. The smallest absolute Gasteiger partial charge is 0.282 e. The van der Waals surface area contributed by atoms with Crippen LogP contribution in [0.3, 0.4) is 0 Å². The van der Waals surface area contributed by atoms with Crippen LogP contribution in [0.15, 0.2) is 47.5 Å². The molecule has 2 aromatic rings. The molecule has 2 aliphatic rings. The minimum atomic E-state index is -0.211. The first-order valence-corrected chi connectivity index (χ1v) is 9.93. The lowest BCUT2D eigenvalue weighted by Gasteiger charge is -2.32. The number of hydrogen-bond donors (Lipinski definition) is 0. The van der Waals surface area contributed by atoms with Crippen molar-refractivity contribution in [3.8, 4) is 0 Å². The second-order valence-electron chi connectivity index (χ2n) is 7.16. The quantitative estimate of drug-likeness (QED) is 0.769. The van der Waals surface area contributed by atoms with Crippen LogP contribution in [0.25, 0.3) is 5.57 Å². The lowest BCUT2D eigenvalue weighted by Crippen LogP contribution is -2.38. The number of piperidine rings is 1. The second-order valence-corrected chi connectivity index (χ2v) is 8.10. The van der Waals surface area contributed by atoms with E-state index in [1.165, 1.54) is 16.2 Å². The number of nitrogens with zero attached hydrogens (tertiary/aromatic N) is 2. The molecule has 0 spiro atoms. The summed E-state index contributed by atoms with van der Waals surface area (Å²) >= 11 is 1.51. The van der Waals surface area contributed by atoms with Crippen molar-refractivity contribution < 1.29 is 9.59 Å². The van der Waals surface area contributed by atoms with Gasteiger partial charge in [-0.3, -0.25) is 9.59 Å². The molecule has 1 fully saturated rings. The SMILES string of the molecule is Cc1cccc(N2C(=O)C(c3cccs3)=C(N3CCC(C)CC3)C2=O)c1. The van der Waals surface area contributed by atoms with Gasteiger partial charge in [0.05, 0.1) is 11.3 Å². The van der Waals surface area contributed by atoms with Gasteiger partial charge in [-0.05, 0) is 54.8 Å². The number of carbonyl (C=O) groups is 2. The summed E-state index contributed by atoms with van der Waals surface area (Å²) < 4.78 is 0. The lowest BCUT2D eigenvalue weighted by atomic mass is 9.98. The predicted octanol–water partition coefficient (Wildman–Crippen LogP) is 4.07. The zero-order valence-corrected chi connectivity index (χ0v) is 15.9. The Bertz CT molecular complexity index is 877. The van der Waals surface area contributed by atoms with Gasteiger partial charge >= 0.3 is 0 Å². The highest BCUT2D eigenvalue weighted by atomic mass is 32.1. The van der Waals surface area contributed by atoms with Crippen molar-refractivity contribution in [1.82, 2.24) is 4.90 Å². The van der Waals surface area contributed by atoms with Gasteiger partial charge in [-0.15, -0.1) is 11.3 Å². The molecule has 4 rings (SSSR count). The Balaban J connectivity index is 1.79. The highest BCUT2D eigenvalue weighted by Gasteiger charge is 2.43. The van der Waals surface area contributed by atoms with E-state index >= 15 is 0 Å². The van der Waals surface area contributed by atoms with Crippen molar-refractivity contribution in [2.45, 2.75) is 26.7 Å². The largest absolute Gasteiger partial charge is 0.366 e. The minimum Gasteiger partial charge on any atom is -0.366 e. The number of anilines is 1. The Morgan fingerprint density at radius 2 is 1.81 bits per heavy atom. The third-order valence-electron chi connectivity index (χ3n) is 5.19. The molecule has 2 aliphatic heterocycles. The average Bonchev–Trinajstić information content (AvgIpc) is 3.22. The van der Waals surface area contributed by atoms with Gasteiger partial charge in [-0.2, -0.15) is 0 Å². The molecule has 3 heterocycles. The fraction of sp³-hybridized carbons (Fsp3) is 0.333. The number of aryl methyl sites for hydroxylation is 1. The Morgan fingerprint density at radius 1 is 1.04 bits per heavy atom. The van der Waals surface area contributed by atoms with E-state index in [-0.39, 0.29) is 11.8 Å². The first kappa shape index (κ1) is 17.0. The molecule has 1 saturated heterocycles. The molecule has 134 valence electrons. The molecular formula is C21H22N2O2S. The highest BCUT2D eigenvalue weighted by Crippen LogP contribution is 2.37. The monoisotopic (exact) mass is 366 g/mol. The maximum Gasteiger partial charge on any atom is 0.282 e. The summed E-state index contributed by atoms with van der Waals surface area (Å²) in [7, 11) is 0. The van der Waals surface area contributed by atoms with E-state index in [9.17, 15) is 9.59 Å². The molecule has 1 aromatic carbocycles. The summed E-state index contributed by atoms with van der Waals surface area (Å²) in [5.74, 6) is 0.257. The maximum absolute atomic E-state index is 13.3. The maximum atomic E-state index is 13.3. The van der Waals surface area contributed by atoms with E-state index in [1.807, 2.05) is 48.7 Å². The number of rotatable bonds is 3. The molecule has 0 atom stereocenters. The molecule has 0 bridgehead atoms. The topological polar surface area (TPSA) is 40.6 Å². The molecule has 4 nitrogen and oxygen atoms in total. The molecule has 5 heteroatoms. The summed E-state index contributed by atoms with van der Waals surface area (Å²) in [4.78, 5) is 30.9. The molecule has 0 N–H and O–H groups in total. The van der Waals surface area contributed by atoms with Gasteiger partial charge in [-0.1, -0.05) is 25.1 Å². The van der Waals surface area contributed by atoms with Crippen molar-refractivity contribution in [3.05, 3.63) is 57.9 Å². The first-order chi connectivity index (χ1) is 12.6. The van der Waals surface area contributed by atoms with E-state index in [0.29, 0.717) is 22.9 Å². The van der Waals surface area contributed by atoms with Crippen LogP contribution in [0.4, 0.5) is 5.69 Å². The third kappa shape index (κ3) is 2.86. The van der Waals surface area contributed by atoms with Crippen LogP contribution in [0.1, 0.15) is 30.2 Å². The number of amides is 2. The summed E-state index contributed by atoms with van der Waals surface area (Å²) in [6, 6.07) is 11.4. The fourth-order valence-electron chi connectivity index (χ4n) is 3.69. The minimum absolute atomic E-state index is 0.196. The standard InChI is InChI=1S/C21H22N2O2S/c1-14-8-10-22(11-9-14)19-18(17-7-4-12-26-17)20(24)23(21(19)25)16-6-3-5-15(2)13-16/h3-7,12-14H,8-11H2,1-2H3. The summed E-state index contributed by atoms with van der Waals surface area (Å²) in [5.41, 5.74) is 2.81. The Hall–Kier alpha value is -2.40. The van der Waals surface area contributed by atoms with E-state index in [2.05, 4.69) is 11.8 Å². The van der Waals surface area contributed by atoms with Crippen molar-refractivity contribution in [2.75, 3.05) is 18.0 Å². The zero-order chi connectivity index (χ0) is 18.3. The Labute approximate surface area is 157 Å². The van der Waals surface area contributed by atoms with E-state index in [0.717, 1.165) is 36.4 Å². The fourth-order valence-corrected chi connectivity index (χ4v) is 4.45. The molecular weight excluding hydrogens is 344 g/mol. The predicted molar refractivity (Wildman–Crippen MR) is 105 cm³/mol. The van der Waals surface area contributed by atoms with Crippen molar-refractivity contribution in [1.29, 1.82) is 0 Å².